The average molecular weight is 455 g/mol. The zero-order valence-electron chi connectivity index (χ0n) is 18.1. The van der Waals surface area contributed by atoms with Crippen molar-refractivity contribution in [3.8, 4) is 0 Å². The Morgan fingerprint density at radius 1 is 0.970 bits per heavy atom. The van der Waals surface area contributed by atoms with Crippen LogP contribution in [0.5, 0.6) is 0 Å². The van der Waals surface area contributed by atoms with Crippen LogP contribution in [0.4, 0.5) is 11.4 Å². The van der Waals surface area contributed by atoms with Crippen LogP contribution >= 0.6 is 11.8 Å². The summed E-state index contributed by atoms with van der Waals surface area (Å²) in [6, 6.07) is 24.7. The standard InChI is InChI=1S/C26H22N4O2S/c1-17-11-13-19(14-12-17)27-23(31)16-33-26-28-21-10-6-5-9-20(21)24-29-25(32)22(30(24)26)15-18-7-3-2-4-8-18/h2-14,22H,15-16H2,1H3,(H,27,31). The number of aryl methyl sites for hydroxylation is 1. The van der Waals surface area contributed by atoms with Crippen molar-refractivity contribution < 1.29 is 9.59 Å². The molecule has 2 heterocycles. The molecular formula is C26H22N4O2S. The van der Waals surface area contributed by atoms with E-state index in [4.69, 9.17) is 4.99 Å². The summed E-state index contributed by atoms with van der Waals surface area (Å²) in [5, 5.41) is 3.53. The number of fused-ring (bicyclic) bond motifs is 3. The summed E-state index contributed by atoms with van der Waals surface area (Å²) in [6.45, 7) is 2.00. The van der Waals surface area contributed by atoms with Gasteiger partial charge in [0.1, 0.15) is 11.9 Å². The van der Waals surface area contributed by atoms with E-state index in [1.807, 2.05) is 90.7 Å². The number of para-hydroxylation sites is 1. The third kappa shape index (κ3) is 4.45. The molecule has 2 aliphatic rings. The lowest BCUT2D eigenvalue weighted by atomic mass is 10.0. The highest BCUT2D eigenvalue weighted by Gasteiger charge is 2.41. The quantitative estimate of drug-likeness (QED) is 0.613. The number of nitrogens with zero attached hydrogens (tertiary/aromatic N) is 3. The summed E-state index contributed by atoms with van der Waals surface area (Å²) in [7, 11) is 0. The molecule has 0 bridgehead atoms. The van der Waals surface area contributed by atoms with Crippen LogP contribution in [0, 0.1) is 6.92 Å². The van der Waals surface area contributed by atoms with E-state index in [1.165, 1.54) is 11.8 Å². The molecule has 0 aromatic heterocycles. The molecule has 3 aromatic rings. The van der Waals surface area contributed by atoms with Crippen LogP contribution in [0.25, 0.3) is 0 Å². The first-order valence-electron chi connectivity index (χ1n) is 10.7. The van der Waals surface area contributed by atoms with Gasteiger partial charge < -0.3 is 5.32 Å². The van der Waals surface area contributed by atoms with E-state index in [2.05, 4.69) is 10.3 Å². The maximum absolute atomic E-state index is 12.9. The summed E-state index contributed by atoms with van der Waals surface area (Å²) in [6.07, 6.45) is 0.518. The summed E-state index contributed by atoms with van der Waals surface area (Å²) in [4.78, 5) is 36.6. The second-order valence-electron chi connectivity index (χ2n) is 7.96. The fourth-order valence-corrected chi connectivity index (χ4v) is 4.75. The molecule has 1 N–H and O–H groups in total. The van der Waals surface area contributed by atoms with Gasteiger partial charge in [-0.1, -0.05) is 71.9 Å². The minimum atomic E-state index is -0.484. The predicted molar refractivity (Wildman–Crippen MR) is 133 cm³/mol. The summed E-state index contributed by atoms with van der Waals surface area (Å²) < 4.78 is 0. The van der Waals surface area contributed by atoms with Gasteiger partial charge in [-0.15, -0.1) is 0 Å². The molecule has 5 rings (SSSR count). The normalized spacial score (nSPS) is 16.6. The van der Waals surface area contributed by atoms with E-state index in [9.17, 15) is 9.59 Å². The Kier molecular flexibility index (Phi) is 5.79. The minimum absolute atomic E-state index is 0.131. The first kappa shape index (κ1) is 21.2. The highest BCUT2D eigenvalue weighted by Crippen LogP contribution is 2.35. The van der Waals surface area contributed by atoms with Gasteiger partial charge in [0.15, 0.2) is 5.17 Å². The Labute approximate surface area is 196 Å². The minimum Gasteiger partial charge on any atom is -0.325 e. The topological polar surface area (TPSA) is 74.1 Å². The summed E-state index contributed by atoms with van der Waals surface area (Å²) in [5.41, 5.74) is 4.51. The number of anilines is 1. The van der Waals surface area contributed by atoms with Gasteiger partial charge in [0, 0.05) is 17.7 Å². The molecule has 1 atom stereocenters. The number of benzene rings is 3. The number of carbonyl (C=O) groups is 2. The van der Waals surface area contributed by atoms with Crippen LogP contribution in [-0.4, -0.2) is 39.5 Å². The molecule has 2 amide bonds. The smallest absolute Gasteiger partial charge is 0.271 e. The molecule has 0 fully saturated rings. The monoisotopic (exact) mass is 454 g/mol. The van der Waals surface area contributed by atoms with Gasteiger partial charge in [-0.05, 0) is 36.8 Å². The number of amides is 2. The van der Waals surface area contributed by atoms with Gasteiger partial charge in [0.2, 0.25) is 5.91 Å². The molecule has 0 saturated heterocycles. The number of carbonyl (C=O) groups excluding carboxylic acids is 2. The molecule has 6 nitrogen and oxygen atoms in total. The molecular weight excluding hydrogens is 432 g/mol. The Morgan fingerprint density at radius 2 is 1.70 bits per heavy atom. The fourth-order valence-electron chi connectivity index (χ4n) is 3.90. The van der Waals surface area contributed by atoms with Gasteiger partial charge >= 0.3 is 0 Å². The number of rotatable bonds is 5. The van der Waals surface area contributed by atoms with Crippen molar-refractivity contribution in [2.24, 2.45) is 9.98 Å². The van der Waals surface area contributed by atoms with E-state index in [0.717, 1.165) is 28.1 Å². The van der Waals surface area contributed by atoms with Gasteiger partial charge in [0.25, 0.3) is 5.91 Å². The van der Waals surface area contributed by atoms with Gasteiger partial charge in [-0.2, -0.15) is 4.99 Å². The fraction of sp³-hybridized carbons (Fsp3) is 0.154. The van der Waals surface area contributed by atoms with Crippen LogP contribution in [0.1, 0.15) is 16.7 Å². The van der Waals surface area contributed by atoms with E-state index >= 15 is 0 Å². The van der Waals surface area contributed by atoms with E-state index in [-0.39, 0.29) is 17.6 Å². The lowest BCUT2D eigenvalue weighted by Gasteiger charge is -2.31. The van der Waals surface area contributed by atoms with Crippen LogP contribution in [0.3, 0.4) is 0 Å². The number of nitrogens with one attached hydrogen (secondary N) is 1. The van der Waals surface area contributed by atoms with Crippen LogP contribution < -0.4 is 5.32 Å². The first-order chi connectivity index (χ1) is 16.1. The lowest BCUT2D eigenvalue weighted by Crippen LogP contribution is -2.45. The van der Waals surface area contributed by atoms with Crippen LogP contribution in [0.2, 0.25) is 0 Å². The van der Waals surface area contributed by atoms with Crippen molar-refractivity contribution >= 4 is 46.0 Å². The molecule has 7 heteroatoms. The van der Waals surface area contributed by atoms with Crippen molar-refractivity contribution in [1.29, 1.82) is 0 Å². The maximum atomic E-state index is 12.9. The Hall–Kier alpha value is -3.71. The first-order valence-corrected chi connectivity index (χ1v) is 11.7. The SMILES string of the molecule is Cc1ccc(NC(=O)CSC2=Nc3ccccc3C3=NC(=O)C(Cc4ccccc4)N23)cc1. The second-order valence-corrected chi connectivity index (χ2v) is 8.91. The molecule has 2 aliphatic heterocycles. The third-order valence-corrected chi connectivity index (χ3v) is 6.50. The van der Waals surface area contributed by atoms with Gasteiger partial charge in [0.05, 0.1) is 11.4 Å². The second kappa shape index (κ2) is 9.03. The molecule has 1 unspecified atom stereocenters. The zero-order chi connectivity index (χ0) is 22.8. The Bertz CT molecular complexity index is 1270. The average Bonchev–Trinajstić information content (AvgIpc) is 3.16. The van der Waals surface area contributed by atoms with Crippen molar-refractivity contribution in [2.75, 3.05) is 11.1 Å². The Balaban J connectivity index is 1.39. The molecule has 0 saturated carbocycles. The van der Waals surface area contributed by atoms with Crippen molar-refractivity contribution in [2.45, 2.75) is 19.4 Å². The number of aliphatic imine (C=N–C) groups is 2. The molecule has 0 aliphatic carbocycles. The summed E-state index contributed by atoms with van der Waals surface area (Å²) in [5.74, 6) is 0.454. The highest BCUT2D eigenvalue weighted by atomic mass is 32.2. The molecule has 0 spiro atoms. The number of thioether (sulfide) groups is 1. The predicted octanol–water partition coefficient (Wildman–Crippen LogP) is 4.57. The molecule has 3 aromatic carbocycles. The maximum Gasteiger partial charge on any atom is 0.271 e. The van der Waals surface area contributed by atoms with Crippen LogP contribution in [0.15, 0.2) is 88.8 Å². The highest BCUT2D eigenvalue weighted by molar-refractivity contribution is 8.14. The third-order valence-electron chi connectivity index (χ3n) is 5.55. The number of hydrogen-bond donors (Lipinski definition) is 1. The number of hydrogen-bond acceptors (Lipinski definition) is 5. The van der Waals surface area contributed by atoms with Gasteiger partial charge in [-0.25, -0.2) is 4.99 Å². The van der Waals surface area contributed by atoms with Crippen molar-refractivity contribution in [3.63, 3.8) is 0 Å². The summed E-state index contributed by atoms with van der Waals surface area (Å²) >= 11 is 1.32. The number of amidine groups is 2. The van der Waals surface area contributed by atoms with E-state index < -0.39 is 6.04 Å². The van der Waals surface area contributed by atoms with Crippen LogP contribution in [-0.2, 0) is 16.0 Å². The molecule has 164 valence electrons. The van der Waals surface area contributed by atoms with Gasteiger partial charge in [-0.3, -0.25) is 14.5 Å². The zero-order valence-corrected chi connectivity index (χ0v) is 18.9. The lowest BCUT2D eigenvalue weighted by molar-refractivity contribution is -0.119. The largest absolute Gasteiger partial charge is 0.325 e. The van der Waals surface area contributed by atoms with Crippen molar-refractivity contribution in [3.05, 3.63) is 95.6 Å². The molecule has 0 radical (unpaired) electrons. The van der Waals surface area contributed by atoms with Crippen molar-refractivity contribution in [1.82, 2.24) is 4.90 Å². The van der Waals surface area contributed by atoms with E-state index in [0.29, 0.717) is 17.4 Å². The Morgan fingerprint density at radius 3 is 2.48 bits per heavy atom. The molecule has 33 heavy (non-hydrogen) atoms. The van der Waals surface area contributed by atoms with E-state index in [1.54, 1.807) is 0 Å².